The van der Waals surface area contributed by atoms with Gasteiger partial charge in [-0.2, -0.15) is 0 Å². The van der Waals surface area contributed by atoms with Gasteiger partial charge in [0.1, 0.15) is 12.3 Å². The number of hydrogen-bond donors (Lipinski definition) is 1. The lowest BCUT2D eigenvalue weighted by Gasteiger charge is -2.13. The van der Waals surface area contributed by atoms with Crippen LogP contribution in [-0.2, 0) is 11.3 Å². The lowest BCUT2D eigenvalue weighted by atomic mass is 10.2. The Kier molecular flexibility index (Phi) is 4.89. The van der Waals surface area contributed by atoms with Crippen LogP contribution in [0.1, 0.15) is 34.1 Å². The molecule has 1 atom stereocenters. The molecule has 1 aromatic heterocycles. The van der Waals surface area contributed by atoms with Crippen molar-refractivity contribution in [1.82, 2.24) is 9.88 Å². The standard InChI is InChI=1S/C17H24N2O2/c1-5-13(4)18-17(20)11-19-9-8-14-10-15(21-12(2)3)6-7-16(14)19/h6-10,12-13H,5,11H2,1-4H3,(H,18,20). The third-order valence-corrected chi connectivity index (χ3v) is 3.45. The quantitative estimate of drug-likeness (QED) is 0.886. The van der Waals surface area contributed by atoms with Crippen LogP contribution < -0.4 is 10.1 Å². The van der Waals surface area contributed by atoms with Gasteiger partial charge in [0.05, 0.1) is 6.10 Å². The Morgan fingerprint density at radius 1 is 1.29 bits per heavy atom. The molecule has 0 radical (unpaired) electrons. The summed E-state index contributed by atoms with van der Waals surface area (Å²) in [7, 11) is 0. The molecule has 1 unspecified atom stereocenters. The molecule has 0 spiro atoms. The van der Waals surface area contributed by atoms with Crippen molar-refractivity contribution < 1.29 is 9.53 Å². The van der Waals surface area contributed by atoms with E-state index in [1.165, 1.54) is 0 Å². The highest BCUT2D eigenvalue weighted by Gasteiger charge is 2.09. The summed E-state index contributed by atoms with van der Waals surface area (Å²) in [5.74, 6) is 0.906. The summed E-state index contributed by atoms with van der Waals surface area (Å²) in [5.41, 5.74) is 1.05. The molecule has 114 valence electrons. The van der Waals surface area contributed by atoms with Gasteiger partial charge in [-0.05, 0) is 51.5 Å². The van der Waals surface area contributed by atoms with E-state index in [4.69, 9.17) is 4.74 Å². The first-order chi connectivity index (χ1) is 9.99. The van der Waals surface area contributed by atoms with Gasteiger partial charge in [0.15, 0.2) is 0 Å². The zero-order valence-electron chi connectivity index (χ0n) is 13.2. The van der Waals surface area contributed by atoms with Crippen LogP contribution in [0.15, 0.2) is 30.5 Å². The minimum Gasteiger partial charge on any atom is -0.491 e. The van der Waals surface area contributed by atoms with Gasteiger partial charge in [-0.1, -0.05) is 6.92 Å². The largest absolute Gasteiger partial charge is 0.491 e. The van der Waals surface area contributed by atoms with Gasteiger partial charge < -0.3 is 14.6 Å². The van der Waals surface area contributed by atoms with Crippen LogP contribution in [0.2, 0.25) is 0 Å². The van der Waals surface area contributed by atoms with E-state index < -0.39 is 0 Å². The number of carbonyl (C=O) groups excluding carboxylic acids is 1. The van der Waals surface area contributed by atoms with Gasteiger partial charge in [-0.3, -0.25) is 4.79 Å². The van der Waals surface area contributed by atoms with Crippen LogP contribution >= 0.6 is 0 Å². The summed E-state index contributed by atoms with van der Waals surface area (Å²) < 4.78 is 7.66. The second-order valence-corrected chi connectivity index (χ2v) is 5.71. The van der Waals surface area contributed by atoms with Crippen molar-refractivity contribution in [2.24, 2.45) is 0 Å². The number of nitrogens with one attached hydrogen (secondary N) is 1. The number of amides is 1. The third-order valence-electron chi connectivity index (χ3n) is 3.45. The monoisotopic (exact) mass is 288 g/mol. The molecule has 0 fully saturated rings. The van der Waals surface area contributed by atoms with E-state index in [-0.39, 0.29) is 18.1 Å². The second-order valence-electron chi connectivity index (χ2n) is 5.71. The van der Waals surface area contributed by atoms with Crippen molar-refractivity contribution in [2.75, 3.05) is 0 Å². The van der Waals surface area contributed by atoms with Gasteiger partial charge in [0.2, 0.25) is 5.91 Å². The summed E-state index contributed by atoms with van der Waals surface area (Å²) in [4.78, 5) is 12.0. The van der Waals surface area contributed by atoms with Gasteiger partial charge >= 0.3 is 0 Å². The first-order valence-electron chi connectivity index (χ1n) is 7.54. The number of aromatic nitrogens is 1. The number of nitrogens with zero attached hydrogens (tertiary/aromatic N) is 1. The molecule has 4 heteroatoms. The summed E-state index contributed by atoms with van der Waals surface area (Å²) in [6.45, 7) is 8.44. The highest BCUT2D eigenvalue weighted by atomic mass is 16.5. The van der Waals surface area contributed by atoms with E-state index in [9.17, 15) is 4.79 Å². The van der Waals surface area contributed by atoms with E-state index in [1.807, 2.05) is 55.8 Å². The smallest absolute Gasteiger partial charge is 0.240 e. The van der Waals surface area contributed by atoms with Crippen molar-refractivity contribution in [3.05, 3.63) is 30.5 Å². The minimum atomic E-state index is 0.0457. The molecule has 0 aliphatic heterocycles. The van der Waals surface area contributed by atoms with Gasteiger partial charge in [-0.25, -0.2) is 0 Å². The molecule has 1 amide bonds. The average molecular weight is 288 g/mol. The van der Waals surface area contributed by atoms with E-state index in [2.05, 4.69) is 12.2 Å². The lowest BCUT2D eigenvalue weighted by molar-refractivity contribution is -0.122. The zero-order valence-corrected chi connectivity index (χ0v) is 13.2. The second kappa shape index (κ2) is 6.66. The Balaban J connectivity index is 2.13. The number of rotatable bonds is 6. The highest BCUT2D eigenvalue weighted by molar-refractivity contribution is 5.84. The number of carbonyl (C=O) groups is 1. The van der Waals surface area contributed by atoms with E-state index in [0.29, 0.717) is 6.54 Å². The van der Waals surface area contributed by atoms with Gasteiger partial charge in [-0.15, -0.1) is 0 Å². The maximum atomic E-state index is 12.0. The van der Waals surface area contributed by atoms with Crippen LogP contribution in [0, 0.1) is 0 Å². The van der Waals surface area contributed by atoms with Crippen LogP contribution in [0.25, 0.3) is 10.9 Å². The summed E-state index contributed by atoms with van der Waals surface area (Å²) in [6.07, 6.45) is 3.04. The van der Waals surface area contributed by atoms with Crippen molar-refractivity contribution in [3.8, 4) is 5.75 Å². The fraction of sp³-hybridized carbons (Fsp3) is 0.471. The third kappa shape index (κ3) is 4.00. The first-order valence-corrected chi connectivity index (χ1v) is 7.54. The average Bonchev–Trinajstić information content (AvgIpc) is 2.80. The van der Waals surface area contributed by atoms with Crippen molar-refractivity contribution in [2.45, 2.75) is 52.8 Å². The molecule has 0 saturated heterocycles. The van der Waals surface area contributed by atoms with Crippen molar-refractivity contribution in [3.63, 3.8) is 0 Å². The Labute approximate surface area is 126 Å². The molecule has 0 saturated carbocycles. The summed E-state index contributed by atoms with van der Waals surface area (Å²) in [6, 6.07) is 8.19. The Bertz CT molecular complexity index is 616. The van der Waals surface area contributed by atoms with Gasteiger partial charge in [0, 0.05) is 23.1 Å². The molecule has 1 N–H and O–H groups in total. The molecule has 1 aromatic carbocycles. The number of ether oxygens (including phenoxy) is 1. The Morgan fingerprint density at radius 3 is 2.71 bits per heavy atom. The van der Waals surface area contributed by atoms with Crippen molar-refractivity contribution in [1.29, 1.82) is 0 Å². The maximum absolute atomic E-state index is 12.0. The maximum Gasteiger partial charge on any atom is 0.240 e. The van der Waals surface area contributed by atoms with Crippen LogP contribution in [0.3, 0.4) is 0 Å². The first kappa shape index (κ1) is 15.4. The molecule has 2 rings (SSSR count). The SMILES string of the molecule is CCC(C)NC(=O)Cn1ccc2cc(OC(C)C)ccc21. The molecular weight excluding hydrogens is 264 g/mol. The highest BCUT2D eigenvalue weighted by Crippen LogP contribution is 2.22. The fourth-order valence-corrected chi connectivity index (χ4v) is 2.24. The topological polar surface area (TPSA) is 43.3 Å². The fourth-order valence-electron chi connectivity index (χ4n) is 2.24. The number of fused-ring (bicyclic) bond motifs is 1. The van der Waals surface area contributed by atoms with Crippen molar-refractivity contribution >= 4 is 16.8 Å². The molecule has 2 aromatic rings. The predicted octanol–water partition coefficient (Wildman–Crippen LogP) is 3.34. The van der Waals surface area contributed by atoms with Crippen LogP contribution in [-0.4, -0.2) is 22.6 Å². The van der Waals surface area contributed by atoms with Crippen LogP contribution in [0.4, 0.5) is 0 Å². The Hall–Kier alpha value is -1.97. The predicted molar refractivity (Wildman–Crippen MR) is 85.6 cm³/mol. The molecular formula is C17H24N2O2. The molecule has 0 aliphatic rings. The normalized spacial score (nSPS) is 12.6. The molecule has 1 heterocycles. The summed E-state index contributed by atoms with van der Waals surface area (Å²) in [5, 5.41) is 4.07. The number of benzene rings is 1. The van der Waals surface area contributed by atoms with E-state index in [1.54, 1.807) is 0 Å². The van der Waals surface area contributed by atoms with Crippen LogP contribution in [0.5, 0.6) is 5.75 Å². The Morgan fingerprint density at radius 2 is 2.05 bits per heavy atom. The van der Waals surface area contributed by atoms with Gasteiger partial charge in [0.25, 0.3) is 0 Å². The minimum absolute atomic E-state index is 0.0457. The lowest BCUT2D eigenvalue weighted by Crippen LogP contribution is -2.34. The zero-order chi connectivity index (χ0) is 15.4. The molecule has 21 heavy (non-hydrogen) atoms. The molecule has 0 aliphatic carbocycles. The molecule has 4 nitrogen and oxygen atoms in total. The molecule has 0 bridgehead atoms. The van der Waals surface area contributed by atoms with E-state index >= 15 is 0 Å². The summed E-state index contributed by atoms with van der Waals surface area (Å²) >= 11 is 0. The number of hydrogen-bond acceptors (Lipinski definition) is 2. The van der Waals surface area contributed by atoms with E-state index in [0.717, 1.165) is 23.1 Å².